The van der Waals surface area contributed by atoms with Crippen LogP contribution in [-0.4, -0.2) is 10.8 Å². The molecule has 2 aromatic rings. The standard InChI is InChI=1S/C20H22N2O3/c1-14-13-17(22(24)25)10-11-18(14)21-19(23)12-7-15-5-8-16(9-6-15)20(2,3)4/h5-13H,1-4H3,(H,21,23)/b12-7+. The van der Waals surface area contributed by atoms with Crippen LogP contribution < -0.4 is 5.32 Å². The summed E-state index contributed by atoms with van der Waals surface area (Å²) in [6.07, 6.45) is 3.19. The molecule has 0 heterocycles. The molecular formula is C20H22N2O3. The molecule has 0 aliphatic carbocycles. The summed E-state index contributed by atoms with van der Waals surface area (Å²) < 4.78 is 0. The molecule has 5 nitrogen and oxygen atoms in total. The Morgan fingerprint density at radius 1 is 1.12 bits per heavy atom. The van der Waals surface area contributed by atoms with Crippen LogP contribution in [0.5, 0.6) is 0 Å². The third kappa shape index (κ3) is 5.01. The topological polar surface area (TPSA) is 72.2 Å². The van der Waals surface area contributed by atoms with Gasteiger partial charge in [0.15, 0.2) is 0 Å². The second-order valence-corrected chi connectivity index (χ2v) is 6.95. The minimum atomic E-state index is -0.459. The fraction of sp³-hybridized carbons (Fsp3) is 0.250. The van der Waals surface area contributed by atoms with Crippen molar-refractivity contribution in [1.29, 1.82) is 0 Å². The van der Waals surface area contributed by atoms with Gasteiger partial charge in [-0.2, -0.15) is 0 Å². The van der Waals surface area contributed by atoms with Gasteiger partial charge < -0.3 is 5.32 Å². The SMILES string of the molecule is Cc1cc([N+](=O)[O-])ccc1NC(=O)/C=C/c1ccc(C(C)(C)C)cc1. The number of anilines is 1. The van der Waals surface area contributed by atoms with Gasteiger partial charge >= 0.3 is 0 Å². The Labute approximate surface area is 147 Å². The van der Waals surface area contributed by atoms with Crippen molar-refractivity contribution in [2.24, 2.45) is 0 Å². The van der Waals surface area contributed by atoms with Crippen molar-refractivity contribution < 1.29 is 9.72 Å². The number of nitrogens with one attached hydrogen (secondary N) is 1. The van der Waals surface area contributed by atoms with E-state index in [1.807, 2.05) is 12.1 Å². The number of non-ortho nitro benzene ring substituents is 1. The van der Waals surface area contributed by atoms with E-state index < -0.39 is 4.92 Å². The monoisotopic (exact) mass is 338 g/mol. The smallest absolute Gasteiger partial charge is 0.269 e. The molecule has 0 radical (unpaired) electrons. The highest BCUT2D eigenvalue weighted by molar-refractivity contribution is 6.02. The summed E-state index contributed by atoms with van der Waals surface area (Å²) >= 11 is 0. The molecule has 0 aromatic heterocycles. The zero-order valence-electron chi connectivity index (χ0n) is 14.9. The van der Waals surface area contributed by atoms with E-state index in [4.69, 9.17) is 0 Å². The molecular weight excluding hydrogens is 316 g/mol. The Balaban J connectivity index is 2.05. The first-order valence-corrected chi connectivity index (χ1v) is 8.01. The second kappa shape index (κ2) is 7.30. The first kappa shape index (κ1) is 18.4. The molecule has 25 heavy (non-hydrogen) atoms. The van der Waals surface area contributed by atoms with E-state index in [1.165, 1.54) is 29.8 Å². The zero-order valence-corrected chi connectivity index (χ0v) is 14.9. The molecule has 2 aromatic carbocycles. The Morgan fingerprint density at radius 2 is 1.76 bits per heavy atom. The third-order valence-corrected chi connectivity index (χ3v) is 3.88. The molecule has 0 saturated heterocycles. The molecule has 0 spiro atoms. The molecule has 0 saturated carbocycles. The number of amides is 1. The van der Waals surface area contributed by atoms with E-state index in [0.717, 1.165) is 5.56 Å². The maximum atomic E-state index is 12.1. The largest absolute Gasteiger partial charge is 0.322 e. The molecule has 1 N–H and O–H groups in total. The summed E-state index contributed by atoms with van der Waals surface area (Å²) in [5.41, 5.74) is 3.46. The van der Waals surface area contributed by atoms with E-state index in [1.54, 1.807) is 13.0 Å². The average molecular weight is 338 g/mol. The van der Waals surface area contributed by atoms with E-state index in [2.05, 4.69) is 38.2 Å². The number of carbonyl (C=O) groups is 1. The van der Waals surface area contributed by atoms with Gasteiger partial charge in [0.05, 0.1) is 4.92 Å². The Morgan fingerprint density at radius 3 is 2.28 bits per heavy atom. The van der Waals surface area contributed by atoms with Gasteiger partial charge in [-0.15, -0.1) is 0 Å². The van der Waals surface area contributed by atoms with Gasteiger partial charge in [-0.05, 0) is 41.2 Å². The fourth-order valence-corrected chi connectivity index (χ4v) is 2.34. The Kier molecular flexibility index (Phi) is 5.37. The molecule has 0 atom stereocenters. The molecule has 0 fully saturated rings. The van der Waals surface area contributed by atoms with Crippen molar-refractivity contribution in [3.8, 4) is 0 Å². The average Bonchev–Trinajstić information content (AvgIpc) is 2.54. The molecule has 1 amide bonds. The maximum absolute atomic E-state index is 12.1. The number of nitrogens with zero attached hydrogens (tertiary/aromatic N) is 1. The van der Waals surface area contributed by atoms with E-state index in [9.17, 15) is 14.9 Å². The lowest BCUT2D eigenvalue weighted by Crippen LogP contribution is -2.10. The summed E-state index contributed by atoms with van der Waals surface area (Å²) in [6, 6.07) is 12.4. The van der Waals surface area contributed by atoms with Crippen molar-refractivity contribution in [3.63, 3.8) is 0 Å². The molecule has 130 valence electrons. The normalized spacial score (nSPS) is 11.5. The van der Waals surface area contributed by atoms with Gasteiger partial charge in [0.25, 0.3) is 5.69 Å². The molecule has 5 heteroatoms. The number of nitro benzene ring substituents is 1. The fourth-order valence-electron chi connectivity index (χ4n) is 2.34. The summed E-state index contributed by atoms with van der Waals surface area (Å²) in [4.78, 5) is 22.3. The van der Waals surface area contributed by atoms with Gasteiger partial charge in [-0.1, -0.05) is 45.0 Å². The molecule has 2 rings (SSSR count). The quantitative estimate of drug-likeness (QED) is 0.492. The maximum Gasteiger partial charge on any atom is 0.269 e. The van der Waals surface area contributed by atoms with Gasteiger partial charge in [0.1, 0.15) is 0 Å². The van der Waals surface area contributed by atoms with Crippen LogP contribution in [0.3, 0.4) is 0 Å². The lowest BCUT2D eigenvalue weighted by molar-refractivity contribution is -0.384. The second-order valence-electron chi connectivity index (χ2n) is 6.95. The lowest BCUT2D eigenvalue weighted by Gasteiger charge is -2.18. The number of carbonyl (C=O) groups excluding carboxylic acids is 1. The predicted octanol–water partition coefficient (Wildman–Crippen LogP) is 4.85. The summed E-state index contributed by atoms with van der Waals surface area (Å²) in [7, 11) is 0. The van der Waals surface area contributed by atoms with Crippen molar-refractivity contribution >= 4 is 23.4 Å². The first-order chi connectivity index (χ1) is 11.7. The molecule has 0 unspecified atom stereocenters. The van der Waals surface area contributed by atoms with Gasteiger partial charge in [-0.3, -0.25) is 14.9 Å². The molecule has 0 aliphatic rings. The van der Waals surface area contributed by atoms with E-state index in [0.29, 0.717) is 11.3 Å². The van der Waals surface area contributed by atoms with Crippen LogP contribution in [-0.2, 0) is 10.2 Å². The van der Waals surface area contributed by atoms with Crippen LogP contribution in [0.25, 0.3) is 6.08 Å². The minimum absolute atomic E-state index is 0.00461. The number of benzene rings is 2. The highest BCUT2D eigenvalue weighted by atomic mass is 16.6. The number of hydrogen-bond donors (Lipinski definition) is 1. The minimum Gasteiger partial charge on any atom is -0.322 e. The summed E-state index contributed by atoms with van der Waals surface area (Å²) in [6.45, 7) is 8.17. The van der Waals surface area contributed by atoms with Crippen LogP contribution in [0.2, 0.25) is 0 Å². The number of aryl methyl sites for hydroxylation is 1. The highest BCUT2D eigenvalue weighted by Gasteiger charge is 2.12. The Bertz CT molecular complexity index is 816. The van der Waals surface area contributed by atoms with Crippen LogP contribution in [0.4, 0.5) is 11.4 Å². The van der Waals surface area contributed by atoms with Crippen molar-refractivity contribution in [2.45, 2.75) is 33.1 Å². The predicted molar refractivity (Wildman–Crippen MR) is 101 cm³/mol. The van der Waals surface area contributed by atoms with Crippen molar-refractivity contribution in [1.82, 2.24) is 0 Å². The third-order valence-electron chi connectivity index (χ3n) is 3.88. The summed E-state index contributed by atoms with van der Waals surface area (Å²) in [5.74, 6) is -0.281. The van der Waals surface area contributed by atoms with Gasteiger partial charge in [0.2, 0.25) is 5.91 Å². The molecule has 0 aliphatic heterocycles. The van der Waals surface area contributed by atoms with Gasteiger partial charge in [-0.25, -0.2) is 0 Å². The van der Waals surface area contributed by atoms with E-state index >= 15 is 0 Å². The van der Waals surface area contributed by atoms with Crippen molar-refractivity contribution in [2.75, 3.05) is 5.32 Å². The first-order valence-electron chi connectivity index (χ1n) is 8.01. The van der Waals surface area contributed by atoms with Crippen LogP contribution >= 0.6 is 0 Å². The highest BCUT2D eigenvalue weighted by Crippen LogP contribution is 2.23. The zero-order chi connectivity index (χ0) is 18.6. The Hall–Kier alpha value is -2.95. The number of rotatable bonds is 4. The van der Waals surface area contributed by atoms with E-state index in [-0.39, 0.29) is 17.0 Å². The van der Waals surface area contributed by atoms with Crippen LogP contribution in [0.1, 0.15) is 37.5 Å². The lowest BCUT2D eigenvalue weighted by atomic mass is 9.87. The number of nitro groups is 1. The van der Waals surface area contributed by atoms with Crippen LogP contribution in [0, 0.1) is 17.0 Å². The molecule has 0 bridgehead atoms. The van der Waals surface area contributed by atoms with Crippen molar-refractivity contribution in [3.05, 3.63) is 75.3 Å². The number of hydrogen-bond acceptors (Lipinski definition) is 3. The summed E-state index contributed by atoms with van der Waals surface area (Å²) in [5, 5.41) is 13.5. The van der Waals surface area contributed by atoms with Gasteiger partial charge in [0, 0.05) is 23.9 Å². The van der Waals surface area contributed by atoms with Crippen LogP contribution in [0.15, 0.2) is 48.5 Å².